The molecule has 2 heterocycles. The van der Waals surface area contributed by atoms with Gasteiger partial charge in [-0.1, -0.05) is 30.3 Å². The molecule has 0 radical (unpaired) electrons. The van der Waals surface area contributed by atoms with Crippen molar-refractivity contribution in [3.63, 3.8) is 0 Å². The zero-order chi connectivity index (χ0) is 24.5. The van der Waals surface area contributed by atoms with Crippen LogP contribution in [0.15, 0.2) is 71.7 Å². The number of benzene rings is 3. The number of hydrogen-bond donors (Lipinski definition) is 2. The second kappa shape index (κ2) is 9.25. The van der Waals surface area contributed by atoms with E-state index in [1.54, 1.807) is 11.9 Å². The normalized spacial score (nSPS) is 13.2. The van der Waals surface area contributed by atoms with E-state index < -0.39 is 0 Å². The average molecular weight is 471 g/mol. The number of anilines is 1. The Labute approximate surface area is 203 Å². The van der Waals surface area contributed by atoms with Crippen molar-refractivity contribution in [2.24, 2.45) is 4.99 Å². The minimum atomic E-state index is -0.00369. The molecule has 1 aromatic heterocycles. The van der Waals surface area contributed by atoms with Crippen molar-refractivity contribution in [1.29, 1.82) is 0 Å². The molecule has 0 saturated heterocycles. The SMILES string of the molecule is CN(C)CC(=O)N(C)c1ccc(N=C(c2ccc3c(c2)OOC3)c2c(O)[nH]c3ccccc23)cc1. The van der Waals surface area contributed by atoms with Crippen molar-refractivity contribution in [3.05, 3.63) is 83.4 Å². The standard InChI is InChI=1S/C27H26N4O4/c1-30(2)15-24(32)31(3)20-12-10-19(11-13-20)28-26(17-8-9-18-16-34-35-23(18)14-17)25-21-6-4-5-7-22(21)29-27(25)33/h4-14,29,33H,15-16H2,1-3H3. The first-order valence-electron chi connectivity index (χ1n) is 11.2. The predicted molar refractivity (Wildman–Crippen MR) is 136 cm³/mol. The maximum Gasteiger partial charge on any atom is 0.240 e. The van der Waals surface area contributed by atoms with Gasteiger partial charge < -0.3 is 24.8 Å². The number of amides is 1. The summed E-state index contributed by atoms with van der Waals surface area (Å²) < 4.78 is 0. The molecule has 178 valence electrons. The molecular weight excluding hydrogens is 444 g/mol. The fourth-order valence-electron chi connectivity index (χ4n) is 4.09. The molecule has 4 aromatic rings. The maximum atomic E-state index is 12.4. The number of aliphatic imine (C=N–C) groups is 1. The van der Waals surface area contributed by atoms with Gasteiger partial charge in [0.2, 0.25) is 5.91 Å². The molecule has 1 aliphatic rings. The van der Waals surface area contributed by atoms with Crippen LogP contribution in [0.5, 0.6) is 11.6 Å². The van der Waals surface area contributed by atoms with Crippen LogP contribution in [0.25, 0.3) is 10.9 Å². The van der Waals surface area contributed by atoms with E-state index in [-0.39, 0.29) is 11.8 Å². The van der Waals surface area contributed by atoms with Crippen molar-refractivity contribution >= 4 is 33.9 Å². The molecular formula is C27H26N4O4. The number of rotatable bonds is 6. The minimum absolute atomic E-state index is 0.00369. The quantitative estimate of drug-likeness (QED) is 0.322. The molecule has 1 amide bonds. The average Bonchev–Trinajstić information content (AvgIpc) is 3.45. The number of fused-ring (bicyclic) bond motifs is 2. The Morgan fingerprint density at radius 2 is 1.83 bits per heavy atom. The number of hydrogen-bond acceptors (Lipinski definition) is 6. The highest BCUT2D eigenvalue weighted by Gasteiger charge is 2.22. The second-order valence-electron chi connectivity index (χ2n) is 8.73. The first kappa shape index (κ1) is 22.6. The largest absolute Gasteiger partial charge is 0.494 e. The van der Waals surface area contributed by atoms with Gasteiger partial charge in [-0.2, -0.15) is 4.89 Å². The first-order chi connectivity index (χ1) is 16.9. The summed E-state index contributed by atoms with van der Waals surface area (Å²) in [6, 6.07) is 20.9. The number of aromatic amines is 1. The summed E-state index contributed by atoms with van der Waals surface area (Å²) in [4.78, 5) is 34.2. The summed E-state index contributed by atoms with van der Waals surface area (Å²) in [5.41, 5.74) is 5.17. The number of carbonyl (C=O) groups excluding carboxylic acids is 1. The van der Waals surface area contributed by atoms with E-state index in [0.717, 1.165) is 27.7 Å². The molecule has 2 N–H and O–H groups in total. The second-order valence-corrected chi connectivity index (χ2v) is 8.73. The van der Waals surface area contributed by atoms with Crippen molar-refractivity contribution in [2.75, 3.05) is 32.6 Å². The maximum absolute atomic E-state index is 12.4. The van der Waals surface area contributed by atoms with Crippen LogP contribution < -0.4 is 9.79 Å². The minimum Gasteiger partial charge on any atom is -0.494 e. The van der Waals surface area contributed by atoms with Crippen LogP contribution in [0, 0.1) is 0 Å². The molecule has 0 aliphatic carbocycles. The van der Waals surface area contributed by atoms with E-state index >= 15 is 0 Å². The third-order valence-corrected chi connectivity index (χ3v) is 5.93. The van der Waals surface area contributed by atoms with Crippen LogP contribution in [0.4, 0.5) is 11.4 Å². The van der Waals surface area contributed by atoms with Crippen LogP contribution >= 0.6 is 0 Å². The number of likely N-dealkylation sites (N-methyl/N-ethyl adjacent to an activating group) is 2. The Morgan fingerprint density at radius 1 is 1.06 bits per heavy atom. The lowest BCUT2D eigenvalue weighted by atomic mass is 9.99. The van der Waals surface area contributed by atoms with Crippen LogP contribution in [-0.2, 0) is 16.3 Å². The summed E-state index contributed by atoms with van der Waals surface area (Å²) in [6.07, 6.45) is 0. The van der Waals surface area contributed by atoms with Gasteiger partial charge in [0, 0.05) is 34.8 Å². The number of para-hydroxylation sites is 1. The fraction of sp³-hybridized carbons (Fsp3) is 0.185. The van der Waals surface area contributed by atoms with E-state index in [0.29, 0.717) is 35.9 Å². The monoisotopic (exact) mass is 470 g/mol. The summed E-state index contributed by atoms with van der Waals surface area (Å²) in [5, 5.41) is 11.7. The van der Waals surface area contributed by atoms with E-state index in [4.69, 9.17) is 14.8 Å². The number of nitrogens with one attached hydrogen (secondary N) is 1. The number of carbonyl (C=O) groups is 1. The van der Waals surface area contributed by atoms with E-state index in [1.807, 2.05) is 85.7 Å². The van der Waals surface area contributed by atoms with Crippen LogP contribution in [-0.4, -0.2) is 54.3 Å². The number of nitrogens with zero attached hydrogens (tertiary/aromatic N) is 3. The first-order valence-corrected chi connectivity index (χ1v) is 11.2. The Bertz CT molecular complexity index is 1420. The molecule has 8 nitrogen and oxygen atoms in total. The molecule has 0 spiro atoms. The zero-order valence-electron chi connectivity index (χ0n) is 19.8. The van der Waals surface area contributed by atoms with Crippen molar-refractivity contribution in [3.8, 4) is 11.6 Å². The Hall–Kier alpha value is -4.14. The highest BCUT2D eigenvalue weighted by molar-refractivity contribution is 6.22. The highest BCUT2D eigenvalue weighted by atomic mass is 17.2. The van der Waals surface area contributed by atoms with Crippen LogP contribution in [0.3, 0.4) is 0 Å². The lowest BCUT2D eigenvalue weighted by Crippen LogP contribution is -2.34. The molecule has 0 saturated carbocycles. The summed E-state index contributed by atoms with van der Waals surface area (Å²) >= 11 is 0. The third kappa shape index (κ3) is 4.49. The summed E-state index contributed by atoms with van der Waals surface area (Å²) in [7, 11) is 5.48. The molecule has 35 heavy (non-hydrogen) atoms. The topological polar surface area (TPSA) is 90.4 Å². The van der Waals surface area contributed by atoms with Crippen molar-refractivity contribution in [2.45, 2.75) is 6.61 Å². The molecule has 3 aromatic carbocycles. The Balaban J connectivity index is 1.58. The van der Waals surface area contributed by atoms with Gasteiger partial charge in [-0.3, -0.25) is 4.79 Å². The molecule has 1 aliphatic heterocycles. The third-order valence-electron chi connectivity index (χ3n) is 5.93. The molecule has 5 rings (SSSR count). The molecule has 0 fully saturated rings. The van der Waals surface area contributed by atoms with Gasteiger partial charge in [0.1, 0.15) is 6.61 Å². The zero-order valence-corrected chi connectivity index (χ0v) is 19.8. The van der Waals surface area contributed by atoms with Gasteiger partial charge in [-0.15, -0.1) is 0 Å². The number of H-pyrrole nitrogens is 1. The highest BCUT2D eigenvalue weighted by Crippen LogP contribution is 2.34. The van der Waals surface area contributed by atoms with Crippen LogP contribution in [0.2, 0.25) is 0 Å². The van der Waals surface area contributed by atoms with E-state index in [1.165, 1.54) is 0 Å². The molecule has 0 bridgehead atoms. The van der Waals surface area contributed by atoms with Crippen LogP contribution in [0.1, 0.15) is 16.7 Å². The lowest BCUT2D eigenvalue weighted by Gasteiger charge is -2.19. The summed E-state index contributed by atoms with van der Waals surface area (Å²) in [5.74, 6) is 0.662. The van der Waals surface area contributed by atoms with Crippen molar-refractivity contribution < 1.29 is 19.7 Å². The van der Waals surface area contributed by atoms with E-state index in [9.17, 15) is 9.90 Å². The number of aromatic hydroxyl groups is 1. The van der Waals surface area contributed by atoms with Gasteiger partial charge in [-0.25, -0.2) is 4.99 Å². The lowest BCUT2D eigenvalue weighted by molar-refractivity contribution is -0.194. The van der Waals surface area contributed by atoms with Gasteiger partial charge in [0.05, 0.1) is 23.5 Å². The predicted octanol–water partition coefficient (Wildman–Crippen LogP) is 4.39. The summed E-state index contributed by atoms with van der Waals surface area (Å²) in [6.45, 7) is 0.715. The smallest absolute Gasteiger partial charge is 0.240 e. The molecule has 0 atom stereocenters. The number of aromatic nitrogens is 1. The van der Waals surface area contributed by atoms with Gasteiger partial charge in [0.25, 0.3) is 0 Å². The van der Waals surface area contributed by atoms with E-state index in [2.05, 4.69) is 4.98 Å². The Morgan fingerprint density at radius 3 is 2.60 bits per heavy atom. The molecule has 8 heteroatoms. The van der Waals surface area contributed by atoms with Gasteiger partial charge >= 0.3 is 0 Å². The fourth-order valence-corrected chi connectivity index (χ4v) is 4.09. The molecule has 0 unspecified atom stereocenters. The Kier molecular flexibility index (Phi) is 5.98. The van der Waals surface area contributed by atoms with Crippen molar-refractivity contribution in [1.82, 2.24) is 9.88 Å². The van der Waals surface area contributed by atoms with Gasteiger partial charge in [0.15, 0.2) is 11.6 Å². The van der Waals surface area contributed by atoms with Gasteiger partial charge in [-0.05, 0) is 50.5 Å².